The molecule has 3 nitrogen and oxygen atoms in total. The van der Waals surface area contributed by atoms with Gasteiger partial charge < -0.3 is 4.74 Å². The van der Waals surface area contributed by atoms with Crippen LogP contribution >= 0.6 is 28.3 Å². The van der Waals surface area contributed by atoms with Crippen molar-refractivity contribution in [3.8, 4) is 17.0 Å². The quantitative estimate of drug-likeness (QED) is 0.667. The number of aryl methyl sites for hydroxylation is 2. The van der Waals surface area contributed by atoms with Crippen molar-refractivity contribution in [1.82, 2.24) is 9.38 Å². The normalized spacial score (nSPS) is 13.8. The van der Waals surface area contributed by atoms with Gasteiger partial charge in [0.05, 0.1) is 12.8 Å². The molecule has 0 N–H and O–H groups in total. The first-order chi connectivity index (χ1) is 9.85. The van der Waals surface area contributed by atoms with Crippen molar-refractivity contribution < 1.29 is 4.74 Å². The van der Waals surface area contributed by atoms with Gasteiger partial charge in [0.15, 0.2) is 4.96 Å². The van der Waals surface area contributed by atoms with Crippen molar-refractivity contribution in [2.24, 2.45) is 0 Å². The molecule has 2 heterocycles. The number of hydrogen-bond donors (Lipinski definition) is 0. The maximum atomic E-state index is 5.20. The van der Waals surface area contributed by atoms with E-state index in [0.29, 0.717) is 0 Å². The SMILES string of the molecule is Br.COc1ccc(-c2cn3c4c(sc3n2)CCCC4)cc1. The van der Waals surface area contributed by atoms with E-state index in [1.54, 1.807) is 7.11 Å². The van der Waals surface area contributed by atoms with E-state index in [-0.39, 0.29) is 17.0 Å². The Morgan fingerprint density at radius 3 is 2.67 bits per heavy atom. The first-order valence-corrected chi connectivity index (χ1v) is 7.81. The summed E-state index contributed by atoms with van der Waals surface area (Å²) in [5, 5.41) is 0. The van der Waals surface area contributed by atoms with Crippen molar-refractivity contribution in [1.29, 1.82) is 0 Å². The van der Waals surface area contributed by atoms with E-state index >= 15 is 0 Å². The van der Waals surface area contributed by atoms with Gasteiger partial charge in [0.1, 0.15) is 5.75 Å². The van der Waals surface area contributed by atoms with Gasteiger partial charge in [-0.3, -0.25) is 4.40 Å². The van der Waals surface area contributed by atoms with E-state index in [9.17, 15) is 0 Å². The number of hydrogen-bond acceptors (Lipinski definition) is 3. The third-order valence-corrected chi connectivity index (χ3v) is 5.11. The van der Waals surface area contributed by atoms with Gasteiger partial charge >= 0.3 is 0 Å². The fraction of sp³-hybridized carbons (Fsp3) is 0.312. The minimum absolute atomic E-state index is 0. The number of benzene rings is 1. The lowest BCUT2D eigenvalue weighted by molar-refractivity contribution is 0.415. The Morgan fingerprint density at radius 1 is 1.14 bits per heavy atom. The second kappa shape index (κ2) is 5.81. The van der Waals surface area contributed by atoms with Gasteiger partial charge in [0.25, 0.3) is 0 Å². The third kappa shape index (κ3) is 2.49. The molecule has 0 unspecified atom stereocenters. The van der Waals surface area contributed by atoms with E-state index in [4.69, 9.17) is 9.72 Å². The van der Waals surface area contributed by atoms with E-state index in [1.165, 1.54) is 36.3 Å². The van der Waals surface area contributed by atoms with Crippen molar-refractivity contribution in [2.75, 3.05) is 7.11 Å². The van der Waals surface area contributed by atoms with Crippen LogP contribution in [0.15, 0.2) is 30.5 Å². The maximum absolute atomic E-state index is 5.20. The molecule has 0 saturated carbocycles. The Morgan fingerprint density at radius 2 is 1.90 bits per heavy atom. The van der Waals surface area contributed by atoms with E-state index in [1.807, 2.05) is 23.5 Å². The lowest BCUT2D eigenvalue weighted by Crippen LogP contribution is -2.01. The predicted octanol–water partition coefficient (Wildman–Crippen LogP) is 4.53. The Labute approximate surface area is 138 Å². The maximum Gasteiger partial charge on any atom is 0.194 e. The number of imidazole rings is 1. The van der Waals surface area contributed by atoms with Crippen molar-refractivity contribution in [2.45, 2.75) is 25.7 Å². The van der Waals surface area contributed by atoms with Crippen LogP contribution in [0.2, 0.25) is 0 Å². The van der Waals surface area contributed by atoms with Gasteiger partial charge in [-0.05, 0) is 49.9 Å². The first kappa shape index (κ1) is 14.6. The molecule has 0 spiro atoms. The molecular weight excluding hydrogens is 348 g/mol. The zero-order valence-electron chi connectivity index (χ0n) is 11.8. The molecule has 1 aliphatic rings. The number of thiazole rings is 1. The summed E-state index contributed by atoms with van der Waals surface area (Å²) in [4.78, 5) is 7.44. The van der Waals surface area contributed by atoms with Gasteiger partial charge in [-0.25, -0.2) is 4.98 Å². The second-order valence-electron chi connectivity index (χ2n) is 5.19. The van der Waals surface area contributed by atoms with E-state index in [2.05, 4.69) is 22.7 Å². The van der Waals surface area contributed by atoms with Crippen LogP contribution in [0.25, 0.3) is 16.2 Å². The Kier molecular flexibility index (Phi) is 4.04. The van der Waals surface area contributed by atoms with Crippen molar-refractivity contribution in [3.05, 3.63) is 41.0 Å². The highest BCUT2D eigenvalue weighted by Gasteiger charge is 2.18. The Bertz CT molecular complexity index is 761. The summed E-state index contributed by atoms with van der Waals surface area (Å²) >= 11 is 1.85. The molecule has 110 valence electrons. The average Bonchev–Trinajstić information content (AvgIpc) is 3.05. The van der Waals surface area contributed by atoms with Crippen LogP contribution in [-0.2, 0) is 12.8 Å². The molecule has 0 aliphatic heterocycles. The smallest absolute Gasteiger partial charge is 0.194 e. The van der Waals surface area contributed by atoms with Crippen LogP contribution in [0, 0.1) is 0 Å². The summed E-state index contributed by atoms with van der Waals surface area (Å²) in [5.41, 5.74) is 3.67. The second-order valence-corrected chi connectivity index (χ2v) is 6.25. The Hall–Kier alpha value is -1.33. The molecule has 1 aromatic carbocycles. The molecule has 0 atom stereocenters. The van der Waals surface area contributed by atoms with Crippen LogP contribution in [-0.4, -0.2) is 16.5 Å². The zero-order valence-corrected chi connectivity index (χ0v) is 14.4. The van der Waals surface area contributed by atoms with Crippen molar-refractivity contribution >= 4 is 33.3 Å². The number of aromatic nitrogens is 2. The number of fused-ring (bicyclic) bond motifs is 3. The predicted molar refractivity (Wildman–Crippen MR) is 92.0 cm³/mol. The molecule has 2 aromatic heterocycles. The highest BCUT2D eigenvalue weighted by molar-refractivity contribution is 8.93. The van der Waals surface area contributed by atoms with Gasteiger partial charge in [-0.15, -0.1) is 28.3 Å². The number of halogens is 1. The molecule has 0 saturated heterocycles. The van der Waals surface area contributed by atoms with Crippen LogP contribution in [0.4, 0.5) is 0 Å². The fourth-order valence-electron chi connectivity index (χ4n) is 2.87. The lowest BCUT2D eigenvalue weighted by atomic mass is 10.0. The summed E-state index contributed by atoms with van der Waals surface area (Å²) in [7, 11) is 1.69. The summed E-state index contributed by atoms with van der Waals surface area (Å²) in [6.45, 7) is 0. The molecule has 0 bridgehead atoms. The molecule has 1 aliphatic carbocycles. The van der Waals surface area contributed by atoms with Crippen molar-refractivity contribution in [3.63, 3.8) is 0 Å². The van der Waals surface area contributed by atoms with Crippen LogP contribution in [0.3, 0.4) is 0 Å². The number of rotatable bonds is 2. The fourth-order valence-corrected chi connectivity index (χ4v) is 4.06. The van der Waals surface area contributed by atoms with Gasteiger partial charge in [-0.1, -0.05) is 0 Å². The molecule has 0 fully saturated rings. The zero-order chi connectivity index (χ0) is 13.5. The highest BCUT2D eigenvalue weighted by atomic mass is 79.9. The lowest BCUT2D eigenvalue weighted by Gasteiger charge is -2.09. The topological polar surface area (TPSA) is 26.5 Å². The summed E-state index contributed by atoms with van der Waals surface area (Å²) in [6.07, 6.45) is 7.21. The molecule has 0 amide bonds. The highest BCUT2D eigenvalue weighted by Crippen LogP contribution is 2.32. The summed E-state index contributed by atoms with van der Waals surface area (Å²) < 4.78 is 7.49. The molecule has 5 heteroatoms. The van der Waals surface area contributed by atoms with Crippen LogP contribution < -0.4 is 4.74 Å². The van der Waals surface area contributed by atoms with Gasteiger partial charge in [0.2, 0.25) is 0 Å². The number of methoxy groups -OCH3 is 1. The molecular formula is C16H17BrN2OS. The molecule has 4 rings (SSSR count). The van der Waals surface area contributed by atoms with Gasteiger partial charge in [-0.2, -0.15) is 0 Å². The van der Waals surface area contributed by atoms with Crippen LogP contribution in [0.5, 0.6) is 5.75 Å². The van der Waals surface area contributed by atoms with Gasteiger partial charge in [0, 0.05) is 22.3 Å². The van der Waals surface area contributed by atoms with E-state index in [0.717, 1.165) is 22.0 Å². The third-order valence-electron chi connectivity index (χ3n) is 3.95. The number of ether oxygens (including phenoxy) is 1. The van der Waals surface area contributed by atoms with E-state index < -0.39 is 0 Å². The monoisotopic (exact) mass is 364 g/mol. The Balaban J connectivity index is 0.00000132. The minimum atomic E-state index is 0. The summed E-state index contributed by atoms with van der Waals surface area (Å²) in [5.74, 6) is 0.882. The molecule has 0 radical (unpaired) electrons. The first-order valence-electron chi connectivity index (χ1n) is 6.99. The minimum Gasteiger partial charge on any atom is -0.497 e. The average molecular weight is 365 g/mol. The summed E-state index contributed by atoms with van der Waals surface area (Å²) in [6, 6.07) is 8.10. The standard InChI is InChI=1S/C16H16N2OS.BrH/c1-19-12-8-6-11(7-9-12)13-10-18-14-4-2-3-5-15(14)20-16(18)17-13;/h6-10H,2-5H2,1H3;1H. The number of nitrogens with zero attached hydrogens (tertiary/aromatic N) is 2. The van der Waals surface area contributed by atoms with Crippen LogP contribution in [0.1, 0.15) is 23.4 Å². The molecule has 3 aromatic rings. The molecule has 21 heavy (non-hydrogen) atoms. The largest absolute Gasteiger partial charge is 0.497 e.